The Hall–Kier alpha value is -2.63. The highest BCUT2D eigenvalue weighted by Gasteiger charge is 2.15. The van der Waals surface area contributed by atoms with E-state index in [4.69, 9.17) is 26.1 Å². The summed E-state index contributed by atoms with van der Waals surface area (Å²) in [5.41, 5.74) is 4.37. The summed E-state index contributed by atoms with van der Waals surface area (Å²) in [5.74, 6) is 2.63. The number of methoxy groups -OCH3 is 2. The van der Waals surface area contributed by atoms with E-state index in [2.05, 4.69) is 36.1 Å². The summed E-state index contributed by atoms with van der Waals surface area (Å²) in [6, 6.07) is 22.2. The molecular formula is C26H29ClN2O2S. The fourth-order valence-corrected chi connectivity index (χ4v) is 4.22. The van der Waals surface area contributed by atoms with E-state index in [1.807, 2.05) is 49.4 Å². The van der Waals surface area contributed by atoms with Gasteiger partial charge in [-0.25, -0.2) is 4.99 Å². The van der Waals surface area contributed by atoms with Crippen LogP contribution in [0.3, 0.4) is 0 Å². The Morgan fingerprint density at radius 3 is 1.84 bits per heavy atom. The predicted molar refractivity (Wildman–Crippen MR) is 137 cm³/mol. The Bertz CT molecular complexity index is 987. The maximum atomic E-state index is 6.16. The fraction of sp³-hybridized carbons (Fsp3) is 0.269. The molecule has 3 rings (SSSR count). The SMILES string of the molecule is CCSC(=Nc1ccc(Cl)cc1C)N(Cc1ccc(OC)cc1)Cc1ccc(OC)cc1. The minimum absolute atomic E-state index is 0.722. The van der Waals surface area contributed by atoms with Crippen LogP contribution in [0.4, 0.5) is 5.69 Å². The highest BCUT2D eigenvalue weighted by molar-refractivity contribution is 8.13. The largest absolute Gasteiger partial charge is 0.497 e. The smallest absolute Gasteiger partial charge is 0.164 e. The number of aryl methyl sites for hydroxylation is 1. The van der Waals surface area contributed by atoms with Gasteiger partial charge in [-0.05, 0) is 71.8 Å². The van der Waals surface area contributed by atoms with Crippen molar-refractivity contribution >= 4 is 34.2 Å². The molecule has 0 unspecified atom stereocenters. The van der Waals surface area contributed by atoms with E-state index in [1.165, 1.54) is 11.1 Å². The Morgan fingerprint density at radius 1 is 0.875 bits per heavy atom. The average molecular weight is 469 g/mol. The van der Waals surface area contributed by atoms with Crippen molar-refractivity contribution < 1.29 is 9.47 Å². The molecule has 0 fully saturated rings. The number of halogens is 1. The van der Waals surface area contributed by atoms with Gasteiger partial charge in [0.1, 0.15) is 11.5 Å². The quantitative estimate of drug-likeness (QED) is 0.260. The number of ether oxygens (including phenoxy) is 2. The van der Waals surface area contributed by atoms with Crippen LogP contribution in [0.2, 0.25) is 5.02 Å². The van der Waals surface area contributed by atoms with E-state index in [9.17, 15) is 0 Å². The van der Waals surface area contributed by atoms with Crippen LogP contribution in [-0.4, -0.2) is 30.0 Å². The summed E-state index contributed by atoms with van der Waals surface area (Å²) in [4.78, 5) is 7.36. The van der Waals surface area contributed by atoms with Crippen molar-refractivity contribution in [1.29, 1.82) is 0 Å². The molecule has 0 aliphatic carbocycles. The zero-order valence-corrected chi connectivity index (χ0v) is 20.5. The second-order valence-electron chi connectivity index (χ2n) is 7.31. The van der Waals surface area contributed by atoms with E-state index in [-0.39, 0.29) is 0 Å². The van der Waals surface area contributed by atoms with Crippen molar-refractivity contribution in [3.05, 3.63) is 88.4 Å². The van der Waals surface area contributed by atoms with Gasteiger partial charge in [-0.2, -0.15) is 0 Å². The third-order valence-corrected chi connectivity index (χ3v) is 6.12. The van der Waals surface area contributed by atoms with E-state index < -0.39 is 0 Å². The molecule has 3 aromatic carbocycles. The van der Waals surface area contributed by atoms with Crippen LogP contribution in [0, 0.1) is 6.92 Å². The molecule has 4 nitrogen and oxygen atoms in total. The Balaban J connectivity index is 1.96. The third-order valence-electron chi connectivity index (χ3n) is 4.98. The number of amidine groups is 1. The first-order valence-electron chi connectivity index (χ1n) is 10.5. The van der Waals surface area contributed by atoms with Gasteiger partial charge in [-0.3, -0.25) is 0 Å². The molecule has 168 valence electrons. The highest BCUT2D eigenvalue weighted by Crippen LogP contribution is 2.27. The molecular weight excluding hydrogens is 440 g/mol. The Kier molecular flexibility index (Phi) is 8.89. The van der Waals surface area contributed by atoms with Gasteiger partial charge < -0.3 is 14.4 Å². The minimum atomic E-state index is 0.722. The highest BCUT2D eigenvalue weighted by atomic mass is 35.5. The predicted octanol–water partition coefficient (Wildman–Crippen LogP) is 7.11. The van der Waals surface area contributed by atoms with Crippen LogP contribution in [0.25, 0.3) is 0 Å². The van der Waals surface area contributed by atoms with Gasteiger partial charge in [0.05, 0.1) is 19.9 Å². The standard InChI is InChI=1S/C26H29ClN2O2S/c1-5-32-26(28-25-15-10-22(27)16-19(25)2)29(17-20-6-11-23(30-3)12-7-20)18-21-8-13-24(31-4)14-9-21/h6-16H,5,17-18H2,1-4H3. The zero-order valence-electron chi connectivity index (χ0n) is 19.0. The molecule has 6 heteroatoms. The van der Waals surface area contributed by atoms with Crippen LogP contribution in [0.1, 0.15) is 23.6 Å². The summed E-state index contributed by atoms with van der Waals surface area (Å²) in [6.07, 6.45) is 0. The van der Waals surface area contributed by atoms with Crippen molar-refractivity contribution in [2.45, 2.75) is 26.9 Å². The first-order chi connectivity index (χ1) is 15.5. The van der Waals surface area contributed by atoms with Crippen LogP contribution in [0.15, 0.2) is 71.7 Å². The van der Waals surface area contributed by atoms with Crippen molar-refractivity contribution in [2.75, 3.05) is 20.0 Å². The first kappa shape index (κ1) is 24.0. The molecule has 0 saturated heterocycles. The number of aliphatic imine (C=N–C) groups is 1. The van der Waals surface area contributed by atoms with E-state index in [0.29, 0.717) is 0 Å². The Labute approximate surface area is 200 Å². The van der Waals surface area contributed by atoms with Crippen LogP contribution in [0.5, 0.6) is 11.5 Å². The van der Waals surface area contributed by atoms with E-state index >= 15 is 0 Å². The number of rotatable bonds is 8. The lowest BCUT2D eigenvalue weighted by Gasteiger charge is -2.26. The molecule has 0 heterocycles. The molecule has 3 aromatic rings. The van der Waals surface area contributed by atoms with Crippen molar-refractivity contribution in [2.24, 2.45) is 4.99 Å². The van der Waals surface area contributed by atoms with Crippen LogP contribution >= 0.6 is 23.4 Å². The summed E-state index contributed by atoms with van der Waals surface area (Å²) in [7, 11) is 3.37. The van der Waals surface area contributed by atoms with Gasteiger partial charge in [0.15, 0.2) is 5.17 Å². The first-order valence-corrected chi connectivity index (χ1v) is 11.9. The number of benzene rings is 3. The maximum absolute atomic E-state index is 6.16. The van der Waals surface area contributed by atoms with Gasteiger partial charge in [-0.15, -0.1) is 0 Å². The van der Waals surface area contributed by atoms with Gasteiger partial charge >= 0.3 is 0 Å². The fourth-order valence-electron chi connectivity index (χ4n) is 3.26. The second-order valence-corrected chi connectivity index (χ2v) is 8.98. The van der Waals surface area contributed by atoms with Gasteiger partial charge in [0.2, 0.25) is 0 Å². The molecule has 0 bridgehead atoms. The van der Waals surface area contributed by atoms with Gasteiger partial charge in [0, 0.05) is 18.1 Å². The zero-order chi connectivity index (χ0) is 22.9. The van der Waals surface area contributed by atoms with Crippen LogP contribution < -0.4 is 9.47 Å². The molecule has 0 aromatic heterocycles. The molecule has 0 amide bonds. The lowest BCUT2D eigenvalue weighted by Crippen LogP contribution is -2.28. The van der Waals surface area contributed by atoms with Gasteiger partial charge in [-0.1, -0.05) is 54.6 Å². The molecule has 0 radical (unpaired) electrons. The van der Waals surface area contributed by atoms with Crippen molar-refractivity contribution in [3.8, 4) is 11.5 Å². The second kappa shape index (κ2) is 11.8. The number of hydrogen-bond acceptors (Lipinski definition) is 4. The van der Waals surface area contributed by atoms with Crippen molar-refractivity contribution in [1.82, 2.24) is 4.90 Å². The number of nitrogens with zero attached hydrogens (tertiary/aromatic N) is 2. The minimum Gasteiger partial charge on any atom is -0.497 e. The molecule has 0 aliphatic rings. The molecule has 0 saturated carbocycles. The topological polar surface area (TPSA) is 34.1 Å². The Morgan fingerprint density at radius 2 is 1.41 bits per heavy atom. The molecule has 0 N–H and O–H groups in total. The maximum Gasteiger partial charge on any atom is 0.164 e. The monoisotopic (exact) mass is 468 g/mol. The molecule has 0 atom stereocenters. The summed E-state index contributed by atoms with van der Waals surface area (Å²) < 4.78 is 10.6. The summed E-state index contributed by atoms with van der Waals surface area (Å²) >= 11 is 7.90. The molecule has 0 spiro atoms. The van der Waals surface area contributed by atoms with Gasteiger partial charge in [0.25, 0.3) is 0 Å². The normalized spacial score (nSPS) is 11.3. The lowest BCUT2D eigenvalue weighted by molar-refractivity contribution is 0.405. The molecule has 32 heavy (non-hydrogen) atoms. The van der Waals surface area contributed by atoms with E-state index in [0.717, 1.165) is 51.8 Å². The lowest BCUT2D eigenvalue weighted by atomic mass is 10.1. The number of thioether (sulfide) groups is 1. The van der Waals surface area contributed by atoms with E-state index in [1.54, 1.807) is 26.0 Å². The average Bonchev–Trinajstić information content (AvgIpc) is 2.81. The van der Waals surface area contributed by atoms with Crippen molar-refractivity contribution in [3.63, 3.8) is 0 Å². The summed E-state index contributed by atoms with van der Waals surface area (Å²) in [6.45, 7) is 5.65. The molecule has 0 aliphatic heterocycles. The third kappa shape index (κ3) is 6.68. The van der Waals surface area contributed by atoms with Crippen LogP contribution in [-0.2, 0) is 13.1 Å². The summed E-state index contributed by atoms with van der Waals surface area (Å²) in [5, 5.41) is 1.70. The number of hydrogen-bond donors (Lipinski definition) is 0.